The fraction of sp³-hybridized carbons (Fsp3) is 0.316. The number of aryl methyl sites for hydroxylation is 1. The van der Waals surface area contributed by atoms with Gasteiger partial charge in [-0.1, -0.05) is 31.2 Å². The van der Waals surface area contributed by atoms with Gasteiger partial charge in [0.1, 0.15) is 5.76 Å². The van der Waals surface area contributed by atoms with Crippen LogP contribution in [0, 0.1) is 0 Å². The largest absolute Gasteiger partial charge is 0.448 e. The zero-order chi connectivity index (χ0) is 17.2. The first-order chi connectivity index (χ1) is 12.3. The van der Waals surface area contributed by atoms with E-state index in [0.29, 0.717) is 31.0 Å². The molecule has 0 N–H and O–H groups in total. The fourth-order valence-corrected chi connectivity index (χ4v) is 3.35. The Morgan fingerprint density at radius 3 is 2.76 bits per heavy atom. The van der Waals surface area contributed by atoms with Crippen LogP contribution >= 0.6 is 0 Å². The predicted octanol–water partition coefficient (Wildman–Crippen LogP) is 2.75. The molecule has 0 radical (unpaired) electrons. The Hall–Kier alpha value is -2.89. The Balaban J connectivity index is 1.51. The molecule has 25 heavy (non-hydrogen) atoms. The lowest BCUT2D eigenvalue weighted by Gasteiger charge is -2.36. The van der Waals surface area contributed by atoms with E-state index in [9.17, 15) is 4.79 Å². The summed E-state index contributed by atoms with van der Waals surface area (Å²) >= 11 is 0. The van der Waals surface area contributed by atoms with Crippen LogP contribution in [0.2, 0.25) is 0 Å². The van der Waals surface area contributed by atoms with E-state index in [2.05, 4.69) is 27.0 Å². The van der Waals surface area contributed by atoms with E-state index in [1.807, 2.05) is 36.4 Å². The van der Waals surface area contributed by atoms with Crippen molar-refractivity contribution < 1.29 is 9.21 Å². The molecule has 1 saturated heterocycles. The standard InChI is InChI=1S/C19H20N4O2/c1-2-17-18(21-13-25-17)19(24)23-9-7-22(8-10-23)16-12-20-11-14-5-3-4-6-15(14)16/h3-6,11-13H,2,7-10H2,1H3. The van der Waals surface area contributed by atoms with E-state index < -0.39 is 0 Å². The summed E-state index contributed by atoms with van der Waals surface area (Å²) in [4.78, 5) is 25.3. The lowest BCUT2D eigenvalue weighted by molar-refractivity contribution is 0.0739. The summed E-state index contributed by atoms with van der Waals surface area (Å²) in [6, 6.07) is 8.26. The maximum absolute atomic E-state index is 12.7. The van der Waals surface area contributed by atoms with Crippen molar-refractivity contribution in [2.45, 2.75) is 13.3 Å². The van der Waals surface area contributed by atoms with Crippen molar-refractivity contribution in [2.24, 2.45) is 0 Å². The Morgan fingerprint density at radius 1 is 1.16 bits per heavy atom. The molecule has 1 fully saturated rings. The summed E-state index contributed by atoms with van der Waals surface area (Å²) in [5.41, 5.74) is 1.57. The van der Waals surface area contributed by atoms with Crippen LogP contribution in [0.3, 0.4) is 0 Å². The van der Waals surface area contributed by atoms with Gasteiger partial charge in [-0.05, 0) is 0 Å². The van der Waals surface area contributed by atoms with E-state index in [1.165, 1.54) is 11.8 Å². The van der Waals surface area contributed by atoms with Gasteiger partial charge in [-0.3, -0.25) is 9.78 Å². The molecule has 6 heteroatoms. The molecule has 2 aromatic heterocycles. The molecule has 3 heterocycles. The smallest absolute Gasteiger partial charge is 0.276 e. The van der Waals surface area contributed by atoms with E-state index in [4.69, 9.17) is 4.42 Å². The number of rotatable bonds is 3. The molecule has 1 aliphatic rings. The summed E-state index contributed by atoms with van der Waals surface area (Å²) in [6.45, 7) is 4.85. The third-order valence-corrected chi connectivity index (χ3v) is 4.72. The molecule has 0 spiro atoms. The molecule has 6 nitrogen and oxygen atoms in total. The number of benzene rings is 1. The van der Waals surface area contributed by atoms with Crippen LogP contribution in [0.5, 0.6) is 0 Å². The quantitative estimate of drug-likeness (QED) is 0.736. The van der Waals surface area contributed by atoms with Gasteiger partial charge < -0.3 is 14.2 Å². The third kappa shape index (κ3) is 2.84. The number of piperazine rings is 1. The Labute approximate surface area is 146 Å². The Morgan fingerprint density at radius 2 is 1.96 bits per heavy atom. The van der Waals surface area contributed by atoms with Crippen molar-refractivity contribution in [2.75, 3.05) is 31.1 Å². The Bertz CT molecular complexity index is 892. The minimum Gasteiger partial charge on any atom is -0.448 e. The second-order valence-electron chi connectivity index (χ2n) is 6.14. The minimum atomic E-state index is -0.0405. The number of anilines is 1. The van der Waals surface area contributed by atoms with Crippen LogP contribution < -0.4 is 4.90 Å². The fourth-order valence-electron chi connectivity index (χ4n) is 3.35. The third-order valence-electron chi connectivity index (χ3n) is 4.72. The van der Waals surface area contributed by atoms with E-state index >= 15 is 0 Å². The molecule has 1 aliphatic heterocycles. The van der Waals surface area contributed by atoms with Gasteiger partial charge >= 0.3 is 0 Å². The van der Waals surface area contributed by atoms with Crippen molar-refractivity contribution >= 4 is 22.4 Å². The molecule has 3 aromatic rings. The van der Waals surface area contributed by atoms with Gasteiger partial charge in [0.2, 0.25) is 0 Å². The normalized spacial score (nSPS) is 14.9. The summed E-state index contributed by atoms with van der Waals surface area (Å²) in [5.74, 6) is 0.618. The van der Waals surface area contributed by atoms with Crippen LogP contribution in [0.25, 0.3) is 10.8 Å². The number of nitrogens with zero attached hydrogens (tertiary/aromatic N) is 4. The highest BCUT2D eigenvalue weighted by atomic mass is 16.3. The van der Waals surface area contributed by atoms with Crippen LogP contribution in [0.4, 0.5) is 5.69 Å². The topological polar surface area (TPSA) is 62.5 Å². The number of fused-ring (bicyclic) bond motifs is 1. The molecular formula is C19H20N4O2. The molecule has 0 bridgehead atoms. The van der Waals surface area contributed by atoms with Crippen molar-refractivity contribution in [1.29, 1.82) is 0 Å². The lowest BCUT2D eigenvalue weighted by atomic mass is 10.1. The zero-order valence-electron chi connectivity index (χ0n) is 14.2. The molecule has 0 saturated carbocycles. The average molecular weight is 336 g/mol. The number of aromatic nitrogens is 2. The molecule has 0 unspecified atom stereocenters. The van der Waals surface area contributed by atoms with Gasteiger partial charge in [0.05, 0.1) is 11.9 Å². The molecule has 1 amide bonds. The molecular weight excluding hydrogens is 316 g/mol. The average Bonchev–Trinajstić information content (AvgIpc) is 3.16. The maximum Gasteiger partial charge on any atom is 0.276 e. The van der Waals surface area contributed by atoms with Crippen molar-refractivity contribution in [1.82, 2.24) is 14.9 Å². The summed E-state index contributed by atoms with van der Waals surface area (Å²) in [5, 5.41) is 2.33. The number of carbonyl (C=O) groups is 1. The molecule has 1 aromatic carbocycles. The van der Waals surface area contributed by atoms with Crippen molar-refractivity contribution in [3.05, 3.63) is 54.5 Å². The second kappa shape index (κ2) is 6.55. The first-order valence-electron chi connectivity index (χ1n) is 8.57. The highest BCUT2D eigenvalue weighted by Gasteiger charge is 2.26. The second-order valence-corrected chi connectivity index (χ2v) is 6.14. The summed E-state index contributed by atoms with van der Waals surface area (Å²) < 4.78 is 5.29. The van der Waals surface area contributed by atoms with Crippen molar-refractivity contribution in [3.8, 4) is 0 Å². The number of carbonyl (C=O) groups excluding carboxylic acids is 1. The number of pyridine rings is 1. The van der Waals surface area contributed by atoms with Gasteiger partial charge in [0.15, 0.2) is 12.1 Å². The minimum absolute atomic E-state index is 0.0405. The first kappa shape index (κ1) is 15.6. The van der Waals surface area contributed by atoms with Gasteiger partial charge in [0.25, 0.3) is 5.91 Å². The van der Waals surface area contributed by atoms with E-state index in [1.54, 1.807) is 0 Å². The molecule has 0 aliphatic carbocycles. The first-order valence-corrected chi connectivity index (χ1v) is 8.57. The number of hydrogen-bond donors (Lipinski definition) is 0. The van der Waals surface area contributed by atoms with Gasteiger partial charge in [-0.25, -0.2) is 4.98 Å². The molecule has 0 atom stereocenters. The van der Waals surface area contributed by atoms with Crippen LogP contribution in [0.1, 0.15) is 23.2 Å². The van der Waals surface area contributed by atoms with E-state index in [0.717, 1.165) is 24.2 Å². The van der Waals surface area contributed by atoms with Crippen LogP contribution in [-0.2, 0) is 6.42 Å². The highest BCUT2D eigenvalue weighted by molar-refractivity contribution is 5.94. The monoisotopic (exact) mass is 336 g/mol. The van der Waals surface area contributed by atoms with Crippen molar-refractivity contribution in [3.63, 3.8) is 0 Å². The van der Waals surface area contributed by atoms with Crippen LogP contribution in [-0.4, -0.2) is 47.0 Å². The SMILES string of the molecule is CCc1ocnc1C(=O)N1CCN(c2cncc3ccccc23)CC1. The number of oxazole rings is 1. The van der Waals surface area contributed by atoms with Crippen LogP contribution in [0.15, 0.2) is 47.5 Å². The van der Waals surface area contributed by atoms with E-state index in [-0.39, 0.29) is 5.91 Å². The summed E-state index contributed by atoms with van der Waals surface area (Å²) in [6.07, 6.45) is 5.81. The maximum atomic E-state index is 12.7. The highest BCUT2D eigenvalue weighted by Crippen LogP contribution is 2.26. The number of amides is 1. The summed E-state index contributed by atoms with van der Waals surface area (Å²) in [7, 11) is 0. The zero-order valence-corrected chi connectivity index (χ0v) is 14.2. The van der Waals surface area contributed by atoms with Gasteiger partial charge in [0, 0.05) is 49.6 Å². The molecule has 128 valence electrons. The molecule has 4 rings (SSSR count). The lowest BCUT2D eigenvalue weighted by Crippen LogP contribution is -2.49. The van der Waals surface area contributed by atoms with Gasteiger partial charge in [-0.15, -0.1) is 0 Å². The predicted molar refractivity (Wildman–Crippen MR) is 95.7 cm³/mol. The Kier molecular flexibility index (Phi) is 4.09. The van der Waals surface area contributed by atoms with Gasteiger partial charge in [-0.2, -0.15) is 0 Å². The number of hydrogen-bond acceptors (Lipinski definition) is 5.